The quantitative estimate of drug-likeness (QED) is 0.788. The summed E-state index contributed by atoms with van der Waals surface area (Å²) in [5, 5.41) is 17.5. The Morgan fingerprint density at radius 2 is 2.00 bits per heavy atom. The molecule has 0 radical (unpaired) electrons. The molecule has 0 saturated carbocycles. The van der Waals surface area contributed by atoms with Crippen molar-refractivity contribution < 1.29 is 18.3 Å². The normalized spacial score (nSPS) is 12.6. The molecule has 0 aliphatic rings. The van der Waals surface area contributed by atoms with E-state index in [4.69, 9.17) is 10.4 Å². The molecule has 2 N–H and O–H groups in total. The fourth-order valence-corrected chi connectivity index (χ4v) is 2.88. The van der Waals surface area contributed by atoms with Gasteiger partial charge in [-0.3, -0.25) is 4.79 Å². The number of rotatable bonds is 7. The van der Waals surface area contributed by atoms with Crippen LogP contribution in [0.5, 0.6) is 0 Å². The number of nitrogens with one attached hydrogen (secondary N) is 1. The van der Waals surface area contributed by atoms with Gasteiger partial charge in [-0.05, 0) is 24.1 Å². The fourth-order valence-electron chi connectivity index (χ4n) is 1.65. The predicted octanol–water partition coefficient (Wildman–Crippen LogP) is 1.28. The molecule has 0 amide bonds. The molecule has 108 valence electrons. The summed E-state index contributed by atoms with van der Waals surface area (Å²) in [6.45, 7) is 1.78. The minimum Gasteiger partial charge on any atom is -0.480 e. The van der Waals surface area contributed by atoms with Gasteiger partial charge in [0, 0.05) is 0 Å². The van der Waals surface area contributed by atoms with Crippen LogP contribution in [0, 0.1) is 11.3 Å². The fraction of sp³-hybridized carbons (Fsp3) is 0.385. The third-order valence-corrected chi connectivity index (χ3v) is 4.18. The lowest BCUT2D eigenvalue weighted by atomic mass is 10.2. The lowest BCUT2D eigenvalue weighted by molar-refractivity contribution is -0.139. The van der Waals surface area contributed by atoms with Gasteiger partial charge in [0.05, 0.1) is 17.4 Å². The number of carboxylic acid groups (broad SMARTS) is 1. The van der Waals surface area contributed by atoms with Crippen molar-refractivity contribution in [2.75, 3.05) is 0 Å². The molecule has 7 heteroatoms. The Morgan fingerprint density at radius 3 is 2.45 bits per heavy atom. The van der Waals surface area contributed by atoms with Crippen molar-refractivity contribution in [3.05, 3.63) is 29.8 Å². The van der Waals surface area contributed by atoms with Gasteiger partial charge in [-0.25, -0.2) is 8.42 Å². The van der Waals surface area contributed by atoms with E-state index in [1.54, 1.807) is 6.92 Å². The van der Waals surface area contributed by atoms with Crippen LogP contribution in [0.4, 0.5) is 0 Å². The first-order valence-corrected chi connectivity index (χ1v) is 7.60. The van der Waals surface area contributed by atoms with Crippen LogP contribution >= 0.6 is 0 Å². The topological polar surface area (TPSA) is 107 Å². The zero-order valence-electron chi connectivity index (χ0n) is 11.0. The average Bonchev–Trinajstić information content (AvgIpc) is 2.39. The van der Waals surface area contributed by atoms with Crippen molar-refractivity contribution in [1.29, 1.82) is 5.26 Å². The summed E-state index contributed by atoms with van der Waals surface area (Å²) < 4.78 is 26.3. The van der Waals surface area contributed by atoms with Gasteiger partial charge in [0.1, 0.15) is 6.04 Å². The standard InChI is InChI=1S/C13H16N2O4S/c1-2-3-12(13(16)17)15-20(18,19)11-6-4-10(5-7-11)8-9-14/h4-7,12,15H,2-3,8H2,1H3,(H,16,17)/t12-/m1/s1. The number of hydrogen-bond donors (Lipinski definition) is 2. The number of benzene rings is 1. The monoisotopic (exact) mass is 296 g/mol. The maximum absolute atomic E-state index is 12.1. The van der Waals surface area contributed by atoms with E-state index in [0.29, 0.717) is 12.0 Å². The highest BCUT2D eigenvalue weighted by Gasteiger charge is 2.24. The molecular formula is C13H16N2O4S. The molecule has 1 atom stereocenters. The second-order valence-corrected chi connectivity index (χ2v) is 5.99. The van der Waals surface area contributed by atoms with Crippen molar-refractivity contribution in [2.24, 2.45) is 0 Å². The molecule has 6 nitrogen and oxygen atoms in total. The molecule has 0 fully saturated rings. The minimum absolute atomic E-state index is 0.0125. The summed E-state index contributed by atoms with van der Waals surface area (Å²) in [5.74, 6) is -1.20. The first-order chi connectivity index (χ1) is 9.40. The van der Waals surface area contributed by atoms with E-state index in [0.717, 1.165) is 0 Å². The van der Waals surface area contributed by atoms with E-state index in [-0.39, 0.29) is 17.7 Å². The van der Waals surface area contributed by atoms with E-state index < -0.39 is 22.0 Å². The van der Waals surface area contributed by atoms with E-state index in [9.17, 15) is 13.2 Å². The van der Waals surface area contributed by atoms with Crippen molar-refractivity contribution in [1.82, 2.24) is 4.72 Å². The molecule has 0 aliphatic carbocycles. The second kappa shape index (κ2) is 7.03. The lowest BCUT2D eigenvalue weighted by Crippen LogP contribution is -2.40. The average molecular weight is 296 g/mol. The summed E-state index contributed by atoms with van der Waals surface area (Å²) in [4.78, 5) is 11.0. The number of carboxylic acids is 1. The predicted molar refractivity (Wildman–Crippen MR) is 72.4 cm³/mol. The number of carbonyl (C=O) groups is 1. The van der Waals surface area contributed by atoms with Gasteiger partial charge in [0.15, 0.2) is 0 Å². The first-order valence-electron chi connectivity index (χ1n) is 6.11. The van der Waals surface area contributed by atoms with Crippen LogP contribution in [0.15, 0.2) is 29.2 Å². The summed E-state index contributed by atoms with van der Waals surface area (Å²) in [7, 11) is -3.87. The number of nitrogens with zero attached hydrogens (tertiary/aromatic N) is 1. The first kappa shape index (κ1) is 16.1. The Balaban J connectivity index is 2.92. The molecule has 1 rings (SSSR count). The van der Waals surface area contributed by atoms with Gasteiger partial charge in [-0.2, -0.15) is 9.98 Å². The van der Waals surface area contributed by atoms with E-state index in [1.807, 2.05) is 6.07 Å². The molecule has 0 heterocycles. The molecule has 1 aromatic rings. The molecule has 0 aliphatic heterocycles. The van der Waals surface area contributed by atoms with Crippen LogP contribution in [0.25, 0.3) is 0 Å². The van der Waals surface area contributed by atoms with Gasteiger partial charge < -0.3 is 5.11 Å². The third-order valence-electron chi connectivity index (χ3n) is 2.69. The van der Waals surface area contributed by atoms with Crippen molar-refractivity contribution >= 4 is 16.0 Å². The number of sulfonamides is 1. The van der Waals surface area contributed by atoms with Crippen molar-refractivity contribution in [2.45, 2.75) is 37.1 Å². The molecule has 20 heavy (non-hydrogen) atoms. The Morgan fingerprint density at radius 1 is 1.40 bits per heavy atom. The summed E-state index contributed by atoms with van der Waals surface area (Å²) in [6.07, 6.45) is 0.975. The summed E-state index contributed by atoms with van der Waals surface area (Å²) in [5.41, 5.74) is 0.704. The zero-order valence-corrected chi connectivity index (χ0v) is 11.9. The van der Waals surface area contributed by atoms with Crippen LogP contribution in [-0.2, 0) is 21.2 Å². The van der Waals surface area contributed by atoms with Crippen LogP contribution in [0.2, 0.25) is 0 Å². The van der Waals surface area contributed by atoms with Crippen molar-refractivity contribution in [3.63, 3.8) is 0 Å². The molecule has 1 aromatic carbocycles. The highest BCUT2D eigenvalue weighted by molar-refractivity contribution is 7.89. The van der Waals surface area contributed by atoms with Crippen LogP contribution < -0.4 is 4.72 Å². The lowest BCUT2D eigenvalue weighted by Gasteiger charge is -2.14. The Kier molecular flexibility index (Phi) is 5.67. The highest BCUT2D eigenvalue weighted by Crippen LogP contribution is 2.12. The molecule has 0 bridgehead atoms. The van der Waals surface area contributed by atoms with Crippen LogP contribution in [-0.4, -0.2) is 25.5 Å². The molecule has 0 aromatic heterocycles. The largest absolute Gasteiger partial charge is 0.480 e. The Labute approximate surface area is 118 Å². The Hall–Kier alpha value is -1.91. The van der Waals surface area contributed by atoms with E-state index in [2.05, 4.69) is 4.72 Å². The third kappa shape index (κ3) is 4.33. The smallest absolute Gasteiger partial charge is 0.321 e. The van der Waals surface area contributed by atoms with E-state index in [1.165, 1.54) is 24.3 Å². The van der Waals surface area contributed by atoms with E-state index >= 15 is 0 Å². The van der Waals surface area contributed by atoms with Crippen LogP contribution in [0.3, 0.4) is 0 Å². The maximum atomic E-state index is 12.1. The SMILES string of the molecule is CCC[C@@H](NS(=O)(=O)c1ccc(CC#N)cc1)C(=O)O. The maximum Gasteiger partial charge on any atom is 0.321 e. The van der Waals surface area contributed by atoms with Gasteiger partial charge >= 0.3 is 5.97 Å². The van der Waals surface area contributed by atoms with Gasteiger partial charge in [0.25, 0.3) is 0 Å². The number of nitriles is 1. The van der Waals surface area contributed by atoms with Gasteiger partial charge in [0.2, 0.25) is 10.0 Å². The zero-order chi connectivity index (χ0) is 15.2. The molecule has 0 saturated heterocycles. The second-order valence-electron chi connectivity index (χ2n) is 4.28. The van der Waals surface area contributed by atoms with Gasteiger partial charge in [-0.1, -0.05) is 25.5 Å². The summed E-state index contributed by atoms with van der Waals surface area (Å²) in [6, 6.07) is 6.62. The minimum atomic E-state index is -3.87. The van der Waals surface area contributed by atoms with Crippen LogP contribution in [0.1, 0.15) is 25.3 Å². The number of hydrogen-bond acceptors (Lipinski definition) is 4. The molecule has 0 spiro atoms. The summed E-state index contributed by atoms with van der Waals surface area (Å²) >= 11 is 0. The molecular weight excluding hydrogens is 280 g/mol. The van der Waals surface area contributed by atoms with Gasteiger partial charge in [-0.15, -0.1) is 0 Å². The Bertz CT molecular complexity index is 602. The van der Waals surface area contributed by atoms with Crippen molar-refractivity contribution in [3.8, 4) is 6.07 Å². The number of aliphatic carboxylic acids is 1. The molecule has 0 unspecified atom stereocenters. The highest BCUT2D eigenvalue weighted by atomic mass is 32.2.